The van der Waals surface area contributed by atoms with Crippen molar-refractivity contribution in [3.8, 4) is 22.3 Å². The van der Waals surface area contributed by atoms with Crippen molar-refractivity contribution in [2.75, 3.05) is 0 Å². The first-order valence-electron chi connectivity index (χ1n) is 9.91. The largest absolute Gasteiger partial charge is 0.454 e. The van der Waals surface area contributed by atoms with Gasteiger partial charge in [-0.25, -0.2) is 0 Å². The summed E-state index contributed by atoms with van der Waals surface area (Å²) in [6.45, 7) is 4.63. The Morgan fingerprint density at radius 1 is 0.690 bits per heavy atom. The lowest BCUT2D eigenvalue weighted by molar-refractivity contribution is 0.660. The van der Waals surface area contributed by atoms with Gasteiger partial charge in [-0.2, -0.15) is 0 Å². The van der Waals surface area contributed by atoms with Crippen LogP contribution in [0.15, 0.2) is 83.3 Å². The van der Waals surface area contributed by atoms with Crippen LogP contribution < -0.4 is 0 Å². The van der Waals surface area contributed by atoms with E-state index in [9.17, 15) is 0 Å². The Morgan fingerprint density at radius 2 is 1.38 bits per heavy atom. The van der Waals surface area contributed by atoms with Gasteiger partial charge in [0.2, 0.25) is 0 Å². The molecule has 0 atom stereocenters. The van der Waals surface area contributed by atoms with Gasteiger partial charge < -0.3 is 4.42 Å². The van der Waals surface area contributed by atoms with Gasteiger partial charge in [0.1, 0.15) is 5.58 Å². The van der Waals surface area contributed by atoms with Gasteiger partial charge in [-0.15, -0.1) is 0 Å². The van der Waals surface area contributed by atoms with E-state index in [1.54, 1.807) is 0 Å². The summed E-state index contributed by atoms with van der Waals surface area (Å²) in [7, 11) is 0. The predicted molar refractivity (Wildman–Crippen MR) is 122 cm³/mol. The Labute approximate surface area is 174 Å². The second-order valence-electron chi connectivity index (χ2n) is 8.30. The molecule has 0 radical (unpaired) electrons. The maximum absolute atomic E-state index is 6.43. The van der Waals surface area contributed by atoms with Crippen LogP contribution in [0.25, 0.3) is 44.2 Å². The van der Waals surface area contributed by atoms with Crippen LogP contribution in [-0.2, 0) is 5.41 Å². The highest BCUT2D eigenvalue weighted by molar-refractivity contribution is 6.36. The van der Waals surface area contributed by atoms with Gasteiger partial charge >= 0.3 is 0 Å². The molecule has 1 aromatic heterocycles. The minimum absolute atomic E-state index is 0.0163. The lowest BCUT2D eigenvalue weighted by atomic mass is 9.82. The standard InChI is InChI=1S/C27H19ClO/c1-27(2)20-12-4-3-8-18(20)24-16(9-5-13-21(24)27)17-10-7-15-23-25(17)19-11-6-14-22(28)26(19)29-23/h3-15H,1-2H3. The molecule has 0 unspecified atom stereocenters. The SMILES string of the molecule is CC1(C)c2ccccc2-c2c(-c3cccc4oc5c(Cl)cccc5c34)cccc21. The van der Waals surface area contributed by atoms with Gasteiger partial charge in [0, 0.05) is 16.2 Å². The average molecular weight is 395 g/mol. The zero-order chi connectivity index (χ0) is 19.8. The van der Waals surface area contributed by atoms with Gasteiger partial charge in [-0.05, 0) is 45.5 Å². The summed E-state index contributed by atoms with van der Waals surface area (Å²) in [5.41, 5.74) is 9.45. The highest BCUT2D eigenvalue weighted by Gasteiger charge is 2.36. The molecule has 5 aromatic rings. The van der Waals surface area contributed by atoms with E-state index in [-0.39, 0.29) is 5.41 Å². The number of halogens is 1. The first-order chi connectivity index (χ1) is 14.1. The summed E-state index contributed by atoms with van der Waals surface area (Å²) >= 11 is 6.43. The monoisotopic (exact) mass is 394 g/mol. The average Bonchev–Trinajstić information content (AvgIpc) is 3.23. The predicted octanol–water partition coefficient (Wildman–Crippen LogP) is 8.21. The Balaban J connectivity index is 1.76. The molecular formula is C27H19ClO. The summed E-state index contributed by atoms with van der Waals surface area (Å²) in [5.74, 6) is 0. The molecule has 1 heterocycles. The minimum Gasteiger partial charge on any atom is -0.454 e. The fourth-order valence-corrected chi connectivity index (χ4v) is 5.23. The van der Waals surface area contributed by atoms with Crippen LogP contribution in [0.3, 0.4) is 0 Å². The zero-order valence-corrected chi connectivity index (χ0v) is 17.0. The zero-order valence-electron chi connectivity index (χ0n) is 16.3. The highest BCUT2D eigenvalue weighted by atomic mass is 35.5. The van der Waals surface area contributed by atoms with Crippen molar-refractivity contribution in [2.24, 2.45) is 0 Å². The molecule has 0 spiro atoms. The number of furan rings is 1. The molecule has 1 nitrogen and oxygen atoms in total. The third-order valence-electron chi connectivity index (χ3n) is 6.37. The van der Waals surface area contributed by atoms with Crippen LogP contribution in [-0.4, -0.2) is 0 Å². The quantitative estimate of drug-likeness (QED) is 0.279. The third kappa shape index (κ3) is 2.17. The summed E-state index contributed by atoms with van der Waals surface area (Å²) in [6.07, 6.45) is 0. The van der Waals surface area contributed by atoms with E-state index in [0.717, 1.165) is 21.9 Å². The van der Waals surface area contributed by atoms with Crippen LogP contribution in [0.4, 0.5) is 0 Å². The first kappa shape index (κ1) is 16.9. The molecule has 0 bridgehead atoms. The van der Waals surface area contributed by atoms with Gasteiger partial charge in [-0.3, -0.25) is 0 Å². The van der Waals surface area contributed by atoms with Crippen molar-refractivity contribution >= 4 is 33.5 Å². The molecule has 29 heavy (non-hydrogen) atoms. The minimum atomic E-state index is -0.0163. The molecule has 0 fully saturated rings. The summed E-state index contributed by atoms with van der Waals surface area (Å²) < 4.78 is 6.14. The second-order valence-corrected chi connectivity index (χ2v) is 8.70. The molecule has 2 heteroatoms. The second kappa shape index (κ2) is 5.75. The number of para-hydroxylation sites is 1. The summed E-state index contributed by atoms with van der Waals surface area (Å²) in [6, 6.07) is 27.7. The Hall–Kier alpha value is -3.03. The number of hydrogen-bond donors (Lipinski definition) is 0. The first-order valence-corrected chi connectivity index (χ1v) is 10.3. The molecule has 0 saturated heterocycles. The molecule has 6 rings (SSSR count). The lowest BCUT2D eigenvalue weighted by Gasteiger charge is -2.21. The molecule has 4 aromatic carbocycles. The van der Waals surface area contributed by atoms with Crippen molar-refractivity contribution in [1.82, 2.24) is 0 Å². The van der Waals surface area contributed by atoms with E-state index in [1.807, 2.05) is 18.2 Å². The maximum Gasteiger partial charge on any atom is 0.154 e. The Morgan fingerprint density at radius 3 is 2.28 bits per heavy atom. The molecular weight excluding hydrogens is 376 g/mol. The van der Waals surface area contributed by atoms with Crippen LogP contribution in [0, 0.1) is 0 Å². The highest BCUT2D eigenvalue weighted by Crippen LogP contribution is 2.53. The topological polar surface area (TPSA) is 13.1 Å². The van der Waals surface area contributed by atoms with E-state index in [4.69, 9.17) is 16.0 Å². The summed E-state index contributed by atoms with van der Waals surface area (Å²) in [5, 5.41) is 2.83. The van der Waals surface area contributed by atoms with E-state index in [1.165, 1.54) is 33.4 Å². The number of benzene rings is 4. The van der Waals surface area contributed by atoms with E-state index < -0.39 is 0 Å². The molecule has 0 N–H and O–H groups in total. The van der Waals surface area contributed by atoms with Crippen LogP contribution in [0.2, 0.25) is 5.02 Å². The molecule has 1 aliphatic carbocycles. The normalized spacial score (nSPS) is 14.3. The van der Waals surface area contributed by atoms with Crippen molar-refractivity contribution in [3.63, 3.8) is 0 Å². The van der Waals surface area contributed by atoms with Gasteiger partial charge in [0.15, 0.2) is 5.58 Å². The summed E-state index contributed by atoms with van der Waals surface area (Å²) in [4.78, 5) is 0. The maximum atomic E-state index is 6.43. The van der Waals surface area contributed by atoms with Crippen molar-refractivity contribution in [2.45, 2.75) is 19.3 Å². The Bertz CT molecular complexity index is 1440. The molecule has 140 valence electrons. The van der Waals surface area contributed by atoms with Crippen molar-refractivity contribution < 1.29 is 4.42 Å². The third-order valence-corrected chi connectivity index (χ3v) is 6.67. The molecule has 1 aliphatic rings. The Kier molecular flexibility index (Phi) is 3.34. The fourth-order valence-electron chi connectivity index (χ4n) is 5.02. The number of hydrogen-bond acceptors (Lipinski definition) is 1. The molecule has 0 saturated carbocycles. The van der Waals surface area contributed by atoms with E-state index in [0.29, 0.717) is 5.02 Å². The van der Waals surface area contributed by atoms with Crippen LogP contribution >= 0.6 is 11.6 Å². The van der Waals surface area contributed by atoms with E-state index in [2.05, 4.69) is 74.5 Å². The van der Waals surface area contributed by atoms with Crippen LogP contribution in [0.5, 0.6) is 0 Å². The molecule has 0 amide bonds. The smallest absolute Gasteiger partial charge is 0.154 e. The van der Waals surface area contributed by atoms with Crippen molar-refractivity contribution in [3.05, 3.63) is 95.0 Å². The van der Waals surface area contributed by atoms with Gasteiger partial charge in [0.05, 0.1) is 5.02 Å². The van der Waals surface area contributed by atoms with Gasteiger partial charge in [-0.1, -0.05) is 92.2 Å². The lowest BCUT2D eigenvalue weighted by Crippen LogP contribution is -2.14. The number of rotatable bonds is 1. The fraction of sp³-hybridized carbons (Fsp3) is 0.111. The molecule has 0 aliphatic heterocycles. The number of fused-ring (bicyclic) bond motifs is 6. The van der Waals surface area contributed by atoms with Crippen LogP contribution in [0.1, 0.15) is 25.0 Å². The van der Waals surface area contributed by atoms with Gasteiger partial charge in [0.25, 0.3) is 0 Å². The van der Waals surface area contributed by atoms with E-state index >= 15 is 0 Å². The van der Waals surface area contributed by atoms with Crippen molar-refractivity contribution in [1.29, 1.82) is 0 Å².